The molecule has 3 aromatic heterocycles. The van der Waals surface area contributed by atoms with Crippen molar-refractivity contribution in [3.05, 3.63) is 170 Å². The van der Waals surface area contributed by atoms with E-state index in [-0.39, 0.29) is 0 Å². The minimum absolute atomic E-state index is 0.866. The van der Waals surface area contributed by atoms with Gasteiger partial charge in [-0.2, -0.15) is 0 Å². The number of benzene rings is 5. The van der Waals surface area contributed by atoms with Crippen molar-refractivity contribution in [2.24, 2.45) is 0 Å². The second-order valence-corrected chi connectivity index (χ2v) is 11.2. The summed E-state index contributed by atoms with van der Waals surface area (Å²) in [5.74, 6) is 0. The fraction of sp³-hybridized carbons (Fsp3) is 0. The van der Waals surface area contributed by atoms with Gasteiger partial charge in [0.2, 0.25) is 0 Å². The molecule has 0 fully saturated rings. The largest absolute Gasteiger partial charge is 0.264 e. The van der Waals surface area contributed by atoms with E-state index < -0.39 is 0 Å². The van der Waals surface area contributed by atoms with Gasteiger partial charge in [0, 0.05) is 35.9 Å². The average Bonchev–Trinajstić information content (AvgIpc) is 3.15. The lowest BCUT2D eigenvalue weighted by Gasteiger charge is -2.12. The highest BCUT2D eigenvalue weighted by molar-refractivity contribution is 5.87. The Labute approximate surface area is 267 Å². The van der Waals surface area contributed by atoms with E-state index in [0.717, 1.165) is 78.1 Å². The van der Waals surface area contributed by atoms with Crippen molar-refractivity contribution in [1.29, 1.82) is 0 Å². The van der Waals surface area contributed by atoms with Crippen molar-refractivity contribution >= 4 is 11.0 Å². The Balaban J connectivity index is 1.11. The highest BCUT2D eigenvalue weighted by Crippen LogP contribution is 2.34. The highest BCUT2D eigenvalue weighted by atomic mass is 14.8. The topological polar surface area (TPSA) is 51.6 Å². The maximum atomic E-state index is 5.11. The van der Waals surface area contributed by atoms with Crippen LogP contribution in [-0.2, 0) is 0 Å². The molecular formula is C42H28N4. The molecule has 0 bridgehead atoms. The Bertz CT molecular complexity index is 2080. The molecule has 0 radical (unpaired) electrons. The molecule has 0 saturated carbocycles. The summed E-state index contributed by atoms with van der Waals surface area (Å²) in [7, 11) is 0. The molecule has 0 amide bonds. The number of fused-ring (bicyclic) bond motifs is 1. The number of nitrogens with zero attached hydrogens (tertiary/aromatic N) is 4. The zero-order valence-electron chi connectivity index (χ0n) is 25.0. The van der Waals surface area contributed by atoms with Crippen molar-refractivity contribution in [3.63, 3.8) is 0 Å². The van der Waals surface area contributed by atoms with Crippen LogP contribution >= 0.6 is 0 Å². The molecule has 0 aliphatic heterocycles. The van der Waals surface area contributed by atoms with E-state index in [1.54, 1.807) is 12.4 Å². The first-order valence-electron chi connectivity index (χ1n) is 15.3. The fourth-order valence-electron chi connectivity index (χ4n) is 5.82. The Morgan fingerprint density at radius 1 is 0.261 bits per heavy atom. The van der Waals surface area contributed by atoms with E-state index in [1.165, 1.54) is 0 Å². The third-order valence-corrected chi connectivity index (χ3v) is 8.31. The van der Waals surface area contributed by atoms with Crippen LogP contribution in [0, 0.1) is 0 Å². The average molecular weight is 589 g/mol. The van der Waals surface area contributed by atoms with Gasteiger partial charge in [0.25, 0.3) is 0 Å². The summed E-state index contributed by atoms with van der Waals surface area (Å²) in [5, 5.41) is 0. The number of aromatic nitrogens is 4. The van der Waals surface area contributed by atoms with Crippen LogP contribution in [0.5, 0.6) is 0 Å². The minimum Gasteiger partial charge on any atom is -0.264 e. The smallest absolute Gasteiger partial charge is 0.0973 e. The molecule has 0 aliphatic rings. The van der Waals surface area contributed by atoms with Gasteiger partial charge in [0.15, 0.2) is 0 Å². The van der Waals surface area contributed by atoms with Crippen LogP contribution in [0.3, 0.4) is 0 Å². The maximum Gasteiger partial charge on any atom is 0.0973 e. The van der Waals surface area contributed by atoms with E-state index in [9.17, 15) is 0 Å². The van der Waals surface area contributed by atoms with Crippen molar-refractivity contribution < 1.29 is 0 Å². The Hall–Kier alpha value is -6.26. The number of hydrogen-bond acceptors (Lipinski definition) is 4. The molecule has 3 heterocycles. The SMILES string of the molecule is c1cncc(-c2ccc(-c3ccc(-c4nc5ccccc5nc4-c4ccc(-c5ccc(-c6cccnc6)cc5)cc4)cc3)cc2)c1. The van der Waals surface area contributed by atoms with Gasteiger partial charge < -0.3 is 0 Å². The number of para-hydroxylation sites is 2. The second kappa shape index (κ2) is 12.0. The van der Waals surface area contributed by atoms with Gasteiger partial charge in [-0.1, -0.05) is 121 Å². The first-order valence-corrected chi connectivity index (χ1v) is 15.3. The fourth-order valence-corrected chi connectivity index (χ4v) is 5.82. The van der Waals surface area contributed by atoms with Crippen LogP contribution in [0.15, 0.2) is 170 Å². The lowest BCUT2D eigenvalue weighted by molar-refractivity contribution is 1.29. The van der Waals surface area contributed by atoms with Crippen LogP contribution in [0.2, 0.25) is 0 Å². The zero-order valence-corrected chi connectivity index (χ0v) is 25.0. The zero-order chi connectivity index (χ0) is 30.7. The first-order chi connectivity index (χ1) is 22.8. The van der Waals surface area contributed by atoms with Gasteiger partial charge in [-0.15, -0.1) is 0 Å². The molecule has 46 heavy (non-hydrogen) atoms. The van der Waals surface area contributed by atoms with Crippen LogP contribution in [0.1, 0.15) is 0 Å². The summed E-state index contributed by atoms with van der Waals surface area (Å²) in [6, 6.07) is 50.6. The van der Waals surface area contributed by atoms with Crippen LogP contribution < -0.4 is 0 Å². The Morgan fingerprint density at radius 2 is 0.565 bits per heavy atom. The second-order valence-electron chi connectivity index (χ2n) is 11.2. The molecule has 0 saturated heterocycles. The molecule has 8 aromatic rings. The summed E-state index contributed by atoms with van der Waals surface area (Å²) < 4.78 is 0. The third kappa shape index (κ3) is 5.44. The molecule has 0 spiro atoms. The van der Waals surface area contributed by atoms with Crippen LogP contribution in [0.25, 0.3) is 78.1 Å². The Morgan fingerprint density at radius 3 is 0.870 bits per heavy atom. The predicted octanol–water partition coefficient (Wildman–Crippen LogP) is 10.4. The van der Waals surface area contributed by atoms with Crippen LogP contribution in [0.4, 0.5) is 0 Å². The van der Waals surface area contributed by atoms with Gasteiger partial charge >= 0.3 is 0 Å². The maximum absolute atomic E-state index is 5.11. The lowest BCUT2D eigenvalue weighted by Crippen LogP contribution is -1.95. The van der Waals surface area contributed by atoms with Gasteiger partial charge in [-0.05, 0) is 68.8 Å². The normalized spacial score (nSPS) is 11.0. The third-order valence-electron chi connectivity index (χ3n) is 8.31. The molecule has 8 rings (SSSR count). The summed E-state index contributed by atoms with van der Waals surface area (Å²) in [5.41, 5.74) is 14.7. The summed E-state index contributed by atoms with van der Waals surface area (Å²) in [6.07, 6.45) is 7.37. The Kier molecular flexibility index (Phi) is 7.14. The van der Waals surface area contributed by atoms with Crippen LogP contribution in [-0.4, -0.2) is 19.9 Å². The molecule has 5 aromatic carbocycles. The van der Waals surface area contributed by atoms with E-state index in [4.69, 9.17) is 9.97 Å². The van der Waals surface area contributed by atoms with E-state index in [0.29, 0.717) is 0 Å². The summed E-state index contributed by atoms with van der Waals surface area (Å²) in [4.78, 5) is 18.7. The summed E-state index contributed by atoms with van der Waals surface area (Å²) in [6.45, 7) is 0. The molecule has 4 nitrogen and oxygen atoms in total. The van der Waals surface area contributed by atoms with Gasteiger partial charge in [0.05, 0.1) is 22.4 Å². The van der Waals surface area contributed by atoms with E-state index in [1.807, 2.05) is 48.8 Å². The number of pyridine rings is 2. The van der Waals surface area contributed by atoms with Crippen molar-refractivity contribution in [1.82, 2.24) is 19.9 Å². The quantitative estimate of drug-likeness (QED) is 0.194. The summed E-state index contributed by atoms with van der Waals surface area (Å²) >= 11 is 0. The highest BCUT2D eigenvalue weighted by Gasteiger charge is 2.14. The van der Waals surface area contributed by atoms with Gasteiger partial charge in [0.1, 0.15) is 0 Å². The standard InChI is InChI=1S/C42H28N4/c1-2-8-40-39(7-1)45-41(35-21-17-31(18-22-35)29-9-13-33(14-10-29)37-5-3-25-43-27-37)42(46-40)36-23-19-32(20-24-36)30-11-15-34(16-12-30)38-6-4-26-44-28-38/h1-28H. The first kappa shape index (κ1) is 27.3. The van der Waals surface area contributed by atoms with Crippen molar-refractivity contribution in [3.8, 4) is 67.0 Å². The van der Waals surface area contributed by atoms with Gasteiger partial charge in [-0.25, -0.2) is 9.97 Å². The van der Waals surface area contributed by atoms with E-state index >= 15 is 0 Å². The molecule has 0 atom stereocenters. The molecule has 0 unspecified atom stereocenters. The molecule has 0 aliphatic carbocycles. The molecule has 0 N–H and O–H groups in total. The van der Waals surface area contributed by atoms with E-state index in [2.05, 4.69) is 119 Å². The number of rotatable bonds is 6. The monoisotopic (exact) mass is 588 g/mol. The molecule has 4 heteroatoms. The number of hydrogen-bond donors (Lipinski definition) is 0. The van der Waals surface area contributed by atoms with Crippen molar-refractivity contribution in [2.75, 3.05) is 0 Å². The van der Waals surface area contributed by atoms with Gasteiger partial charge in [-0.3, -0.25) is 9.97 Å². The molecular weight excluding hydrogens is 560 g/mol. The predicted molar refractivity (Wildman–Crippen MR) is 188 cm³/mol. The lowest BCUT2D eigenvalue weighted by atomic mass is 9.97. The molecule has 216 valence electrons. The van der Waals surface area contributed by atoms with Crippen molar-refractivity contribution in [2.45, 2.75) is 0 Å². The minimum atomic E-state index is 0.866.